The zero-order chi connectivity index (χ0) is 14.9. The first-order chi connectivity index (χ1) is 10.9. The maximum Gasteiger partial charge on any atom is 0.0991 e. The molecule has 1 N–H and O–H groups in total. The first kappa shape index (κ1) is 13.1. The molecule has 0 fully saturated rings. The molecular weight excluding hydrogens is 270 g/mol. The van der Waals surface area contributed by atoms with Crippen LogP contribution in [0.25, 0.3) is 22.0 Å². The Balaban J connectivity index is 1.98. The van der Waals surface area contributed by atoms with E-state index >= 15 is 0 Å². The average molecular weight is 287 g/mol. The topological polar surface area (TPSA) is 40.8 Å². The molecule has 0 saturated heterocycles. The third kappa shape index (κ3) is 2.09. The third-order valence-corrected chi connectivity index (χ3v) is 4.38. The molecule has 1 aliphatic rings. The molecule has 2 heterocycles. The van der Waals surface area contributed by atoms with E-state index in [2.05, 4.69) is 46.3 Å². The van der Waals surface area contributed by atoms with E-state index in [1.165, 1.54) is 22.2 Å². The highest BCUT2D eigenvalue weighted by Gasteiger charge is 2.15. The van der Waals surface area contributed by atoms with E-state index in [-0.39, 0.29) is 0 Å². The molecule has 1 aromatic heterocycles. The van der Waals surface area contributed by atoms with Gasteiger partial charge >= 0.3 is 0 Å². The third-order valence-electron chi connectivity index (χ3n) is 4.38. The highest BCUT2D eigenvalue weighted by molar-refractivity contribution is 5.95. The van der Waals surface area contributed by atoms with Crippen molar-refractivity contribution in [1.29, 1.82) is 5.26 Å². The van der Waals surface area contributed by atoms with Gasteiger partial charge in [0.25, 0.3) is 0 Å². The average Bonchev–Trinajstić information content (AvgIpc) is 2.76. The number of nitriles is 1. The van der Waals surface area contributed by atoms with Gasteiger partial charge in [0.05, 0.1) is 17.1 Å². The molecule has 1 aliphatic heterocycles. The minimum absolute atomic E-state index is 0.707. The second kappa shape index (κ2) is 5.32. The minimum atomic E-state index is 0.707. The van der Waals surface area contributed by atoms with E-state index in [9.17, 15) is 0 Å². The van der Waals surface area contributed by atoms with Crippen LogP contribution in [0.2, 0.25) is 0 Å². The highest BCUT2D eigenvalue weighted by atomic mass is 15.0. The van der Waals surface area contributed by atoms with Crippen LogP contribution in [0.4, 0.5) is 0 Å². The summed E-state index contributed by atoms with van der Waals surface area (Å²) in [5.41, 5.74) is 5.71. The van der Waals surface area contributed by atoms with Gasteiger partial charge in [0.15, 0.2) is 0 Å². The first-order valence-electron chi connectivity index (χ1n) is 7.69. The summed E-state index contributed by atoms with van der Waals surface area (Å²) in [5, 5.41) is 13.9. The van der Waals surface area contributed by atoms with Gasteiger partial charge in [-0.2, -0.15) is 5.26 Å². The van der Waals surface area contributed by atoms with Gasteiger partial charge in [-0.05, 0) is 23.8 Å². The van der Waals surface area contributed by atoms with E-state index in [1.54, 1.807) is 0 Å². The molecule has 0 saturated carbocycles. The van der Waals surface area contributed by atoms with Crippen LogP contribution in [0.5, 0.6) is 0 Å². The van der Waals surface area contributed by atoms with E-state index in [4.69, 9.17) is 5.26 Å². The number of fused-ring (bicyclic) bond motifs is 3. The number of rotatable bonds is 1. The summed E-state index contributed by atoms with van der Waals surface area (Å²) in [6.45, 7) is 3.03. The molecule has 0 amide bonds. The van der Waals surface area contributed by atoms with Gasteiger partial charge in [-0.3, -0.25) is 0 Å². The number of para-hydroxylation sites is 1. The van der Waals surface area contributed by atoms with Crippen LogP contribution in [0.15, 0.2) is 48.5 Å². The lowest BCUT2D eigenvalue weighted by Crippen LogP contribution is -2.17. The van der Waals surface area contributed by atoms with Crippen molar-refractivity contribution in [2.24, 2.45) is 0 Å². The molecule has 4 rings (SSSR count). The van der Waals surface area contributed by atoms with E-state index in [1.807, 2.05) is 18.2 Å². The molecule has 0 spiro atoms. The second-order valence-electron chi connectivity index (χ2n) is 5.72. The summed E-state index contributed by atoms with van der Waals surface area (Å²) in [4.78, 5) is 0. The molecular formula is C19H17N3. The van der Waals surface area contributed by atoms with Crippen LogP contribution < -0.4 is 5.32 Å². The van der Waals surface area contributed by atoms with Gasteiger partial charge < -0.3 is 9.88 Å². The molecule has 3 aromatic rings. The number of nitrogens with one attached hydrogen (secondary N) is 1. The molecule has 22 heavy (non-hydrogen) atoms. The van der Waals surface area contributed by atoms with Crippen molar-refractivity contribution >= 4 is 10.9 Å². The largest absolute Gasteiger partial charge is 0.343 e. The Bertz CT molecular complexity index is 883. The Morgan fingerprint density at radius 2 is 1.95 bits per heavy atom. The second-order valence-corrected chi connectivity index (χ2v) is 5.72. The smallest absolute Gasteiger partial charge is 0.0991 e. The van der Waals surface area contributed by atoms with Crippen molar-refractivity contribution in [2.75, 3.05) is 13.1 Å². The molecule has 2 aromatic carbocycles. The molecule has 0 aliphatic carbocycles. The van der Waals surface area contributed by atoms with E-state index in [0.717, 1.165) is 31.6 Å². The SMILES string of the molecule is N#Cc1cccc(-c2cccc3cc4n(c23)CCNCC4)c1. The molecule has 0 atom stereocenters. The van der Waals surface area contributed by atoms with Crippen molar-refractivity contribution in [3.63, 3.8) is 0 Å². The van der Waals surface area contributed by atoms with Crippen LogP contribution in [-0.4, -0.2) is 17.7 Å². The van der Waals surface area contributed by atoms with Crippen molar-refractivity contribution in [2.45, 2.75) is 13.0 Å². The van der Waals surface area contributed by atoms with Gasteiger partial charge in [0, 0.05) is 42.7 Å². The Morgan fingerprint density at radius 3 is 2.86 bits per heavy atom. The quantitative estimate of drug-likeness (QED) is 0.746. The lowest BCUT2D eigenvalue weighted by atomic mass is 10.0. The fourth-order valence-corrected chi connectivity index (χ4v) is 3.36. The summed E-state index contributed by atoms with van der Waals surface area (Å²) in [6, 6.07) is 18.9. The monoisotopic (exact) mass is 287 g/mol. The Labute approximate surface area is 129 Å². The highest BCUT2D eigenvalue weighted by Crippen LogP contribution is 2.32. The molecule has 0 unspecified atom stereocenters. The summed E-state index contributed by atoms with van der Waals surface area (Å²) in [6.07, 6.45) is 1.06. The van der Waals surface area contributed by atoms with Crippen molar-refractivity contribution in [3.8, 4) is 17.2 Å². The maximum atomic E-state index is 9.15. The first-order valence-corrected chi connectivity index (χ1v) is 7.69. The zero-order valence-corrected chi connectivity index (χ0v) is 12.3. The van der Waals surface area contributed by atoms with Crippen molar-refractivity contribution in [3.05, 3.63) is 59.8 Å². The molecule has 0 bridgehead atoms. The van der Waals surface area contributed by atoms with Crippen LogP contribution >= 0.6 is 0 Å². The Hall–Kier alpha value is -2.57. The predicted octanol–water partition coefficient (Wildman–Crippen LogP) is 3.33. The molecule has 0 radical (unpaired) electrons. The summed E-state index contributed by atoms with van der Waals surface area (Å²) < 4.78 is 2.43. The molecule has 108 valence electrons. The number of hydrogen-bond acceptors (Lipinski definition) is 2. The van der Waals surface area contributed by atoms with Gasteiger partial charge in [-0.15, -0.1) is 0 Å². The summed E-state index contributed by atoms with van der Waals surface area (Å²) in [7, 11) is 0. The lowest BCUT2D eigenvalue weighted by molar-refractivity contribution is 0.658. The van der Waals surface area contributed by atoms with Crippen LogP contribution in [0.1, 0.15) is 11.3 Å². The van der Waals surface area contributed by atoms with E-state index < -0.39 is 0 Å². The van der Waals surface area contributed by atoms with Gasteiger partial charge in [0.1, 0.15) is 0 Å². The maximum absolute atomic E-state index is 9.15. The number of aromatic nitrogens is 1. The zero-order valence-electron chi connectivity index (χ0n) is 12.3. The lowest BCUT2D eigenvalue weighted by Gasteiger charge is -2.11. The van der Waals surface area contributed by atoms with Gasteiger partial charge in [0.2, 0.25) is 0 Å². The number of hydrogen-bond donors (Lipinski definition) is 1. The summed E-state index contributed by atoms with van der Waals surface area (Å²) in [5.74, 6) is 0. The van der Waals surface area contributed by atoms with E-state index in [0.29, 0.717) is 5.56 Å². The Kier molecular flexibility index (Phi) is 3.17. The number of benzene rings is 2. The van der Waals surface area contributed by atoms with Gasteiger partial charge in [-0.1, -0.05) is 30.3 Å². The minimum Gasteiger partial charge on any atom is -0.343 e. The van der Waals surface area contributed by atoms with Crippen molar-refractivity contribution < 1.29 is 0 Å². The predicted molar refractivity (Wildman–Crippen MR) is 88.7 cm³/mol. The normalized spacial score (nSPS) is 14.3. The standard InChI is InChI=1S/C19H17N3/c20-13-14-3-1-4-15(11-14)18-6-2-5-16-12-17-7-8-21-9-10-22(17)19(16)18/h1-6,11-12,21H,7-10H2. The molecule has 3 heteroatoms. The fraction of sp³-hybridized carbons (Fsp3) is 0.211. The van der Waals surface area contributed by atoms with Crippen LogP contribution in [0.3, 0.4) is 0 Å². The van der Waals surface area contributed by atoms with Crippen LogP contribution in [0, 0.1) is 11.3 Å². The molecule has 3 nitrogen and oxygen atoms in total. The Morgan fingerprint density at radius 1 is 1.05 bits per heavy atom. The number of nitrogens with zero attached hydrogens (tertiary/aromatic N) is 2. The van der Waals surface area contributed by atoms with Crippen LogP contribution in [-0.2, 0) is 13.0 Å². The summed E-state index contributed by atoms with van der Waals surface area (Å²) >= 11 is 0. The van der Waals surface area contributed by atoms with Crippen molar-refractivity contribution in [1.82, 2.24) is 9.88 Å². The fourth-order valence-electron chi connectivity index (χ4n) is 3.36. The van der Waals surface area contributed by atoms with Gasteiger partial charge in [-0.25, -0.2) is 0 Å².